The first kappa shape index (κ1) is 14.6. The number of aryl methyl sites for hydroxylation is 1. The van der Waals surface area contributed by atoms with Gasteiger partial charge in [0.25, 0.3) is 5.91 Å². The van der Waals surface area contributed by atoms with E-state index in [0.29, 0.717) is 17.0 Å². The summed E-state index contributed by atoms with van der Waals surface area (Å²) in [7, 11) is 1.57. The predicted octanol–water partition coefficient (Wildman–Crippen LogP) is 2.60. The van der Waals surface area contributed by atoms with Crippen LogP contribution >= 0.6 is 0 Å². The zero-order valence-corrected chi connectivity index (χ0v) is 11.8. The smallest absolute Gasteiger partial charge is 0.251 e. The molecule has 0 saturated heterocycles. The molecule has 2 aromatic rings. The first-order chi connectivity index (χ1) is 10.1. The third-order valence-corrected chi connectivity index (χ3v) is 2.80. The average Bonchev–Trinajstić information content (AvgIpc) is 2.91. The quantitative estimate of drug-likeness (QED) is 0.848. The van der Waals surface area contributed by atoms with Gasteiger partial charge in [-0.1, -0.05) is 0 Å². The highest BCUT2D eigenvalue weighted by Gasteiger charge is 2.03. The fourth-order valence-corrected chi connectivity index (χ4v) is 1.73. The van der Waals surface area contributed by atoms with Crippen molar-refractivity contribution in [2.75, 3.05) is 12.4 Å². The maximum atomic E-state index is 11.7. The van der Waals surface area contributed by atoms with E-state index in [0.717, 1.165) is 5.76 Å². The van der Waals surface area contributed by atoms with Gasteiger partial charge in [-0.25, -0.2) is 0 Å². The van der Waals surface area contributed by atoms with Crippen LogP contribution in [0.4, 0.5) is 5.69 Å². The van der Waals surface area contributed by atoms with Crippen LogP contribution in [-0.2, 0) is 4.79 Å². The zero-order valence-electron chi connectivity index (χ0n) is 11.8. The van der Waals surface area contributed by atoms with Crippen molar-refractivity contribution in [2.24, 2.45) is 0 Å². The molecule has 1 heterocycles. The SMILES string of the molecule is CNC(=O)c1ccc(NC(=O)/C=C/c2ccc(C)o2)cc1. The van der Waals surface area contributed by atoms with Gasteiger partial charge >= 0.3 is 0 Å². The first-order valence-corrected chi connectivity index (χ1v) is 6.46. The standard InChI is InChI=1S/C16H16N2O3/c1-11-3-8-14(21-11)9-10-15(19)18-13-6-4-12(5-7-13)16(20)17-2/h3-10H,1-2H3,(H,17,20)(H,18,19)/b10-9+. The van der Waals surface area contributed by atoms with Crippen LogP contribution < -0.4 is 10.6 Å². The molecule has 2 rings (SSSR count). The van der Waals surface area contributed by atoms with Crippen LogP contribution in [0.1, 0.15) is 21.9 Å². The minimum Gasteiger partial charge on any atom is -0.462 e. The summed E-state index contributed by atoms with van der Waals surface area (Å²) in [6.45, 7) is 1.84. The summed E-state index contributed by atoms with van der Waals surface area (Å²) in [6.07, 6.45) is 2.99. The summed E-state index contributed by atoms with van der Waals surface area (Å²) in [5.74, 6) is 0.982. The number of carbonyl (C=O) groups excluding carboxylic acids is 2. The monoisotopic (exact) mass is 284 g/mol. The van der Waals surface area contributed by atoms with Crippen LogP contribution in [0.15, 0.2) is 46.9 Å². The number of carbonyl (C=O) groups is 2. The van der Waals surface area contributed by atoms with Gasteiger partial charge < -0.3 is 15.1 Å². The first-order valence-electron chi connectivity index (χ1n) is 6.46. The Hall–Kier alpha value is -2.82. The molecule has 2 amide bonds. The summed E-state index contributed by atoms with van der Waals surface area (Å²) in [5, 5.41) is 5.24. The van der Waals surface area contributed by atoms with Crippen LogP contribution in [0, 0.1) is 6.92 Å². The Balaban J connectivity index is 1.96. The molecule has 21 heavy (non-hydrogen) atoms. The van der Waals surface area contributed by atoms with E-state index in [1.165, 1.54) is 6.08 Å². The maximum Gasteiger partial charge on any atom is 0.251 e. The van der Waals surface area contributed by atoms with Crippen molar-refractivity contribution >= 4 is 23.6 Å². The van der Waals surface area contributed by atoms with Crippen LogP contribution in [0.3, 0.4) is 0 Å². The second-order valence-corrected chi connectivity index (χ2v) is 4.43. The van der Waals surface area contributed by atoms with Gasteiger partial charge in [-0.05, 0) is 49.4 Å². The lowest BCUT2D eigenvalue weighted by Gasteiger charge is -2.03. The molecule has 108 valence electrons. The van der Waals surface area contributed by atoms with Gasteiger partial charge in [0, 0.05) is 24.4 Å². The summed E-state index contributed by atoms with van der Waals surface area (Å²) in [4.78, 5) is 23.1. The Kier molecular flexibility index (Phi) is 4.56. The lowest BCUT2D eigenvalue weighted by Crippen LogP contribution is -2.17. The fourth-order valence-electron chi connectivity index (χ4n) is 1.73. The van der Waals surface area contributed by atoms with E-state index in [-0.39, 0.29) is 11.8 Å². The highest BCUT2D eigenvalue weighted by molar-refractivity contribution is 6.02. The van der Waals surface area contributed by atoms with Gasteiger partial charge in [0.1, 0.15) is 11.5 Å². The van der Waals surface area contributed by atoms with Crippen molar-refractivity contribution in [1.82, 2.24) is 5.32 Å². The lowest BCUT2D eigenvalue weighted by molar-refractivity contribution is -0.111. The maximum absolute atomic E-state index is 11.7. The third kappa shape index (κ3) is 4.07. The van der Waals surface area contributed by atoms with Gasteiger partial charge in [0.15, 0.2) is 0 Å². The minimum absolute atomic E-state index is 0.166. The van der Waals surface area contributed by atoms with Crippen LogP contribution in [0.25, 0.3) is 6.08 Å². The summed E-state index contributed by atoms with van der Waals surface area (Å²) >= 11 is 0. The Labute approximate surface area is 122 Å². The molecule has 0 fully saturated rings. The summed E-state index contributed by atoms with van der Waals surface area (Å²) in [6, 6.07) is 10.3. The normalized spacial score (nSPS) is 10.6. The molecule has 5 heteroatoms. The van der Waals surface area contributed by atoms with Crippen LogP contribution in [-0.4, -0.2) is 18.9 Å². The second-order valence-electron chi connectivity index (χ2n) is 4.43. The van der Waals surface area contributed by atoms with Crippen molar-refractivity contribution in [3.63, 3.8) is 0 Å². The fraction of sp³-hybridized carbons (Fsp3) is 0.125. The molecule has 0 unspecified atom stereocenters. The summed E-state index contributed by atoms with van der Waals surface area (Å²) in [5.41, 5.74) is 1.16. The van der Waals surface area contributed by atoms with Crippen molar-refractivity contribution in [3.8, 4) is 0 Å². The number of hydrogen-bond donors (Lipinski definition) is 2. The Morgan fingerprint density at radius 3 is 2.38 bits per heavy atom. The highest BCUT2D eigenvalue weighted by atomic mass is 16.3. The number of hydrogen-bond acceptors (Lipinski definition) is 3. The van der Waals surface area contributed by atoms with Crippen LogP contribution in [0.5, 0.6) is 0 Å². The van der Waals surface area contributed by atoms with Crippen molar-refractivity contribution in [3.05, 3.63) is 59.6 Å². The van der Waals surface area contributed by atoms with Gasteiger partial charge in [-0.2, -0.15) is 0 Å². The molecule has 0 aliphatic rings. The predicted molar refractivity (Wildman–Crippen MR) is 80.9 cm³/mol. The molecule has 1 aromatic heterocycles. The number of nitrogens with one attached hydrogen (secondary N) is 2. The largest absolute Gasteiger partial charge is 0.462 e. The molecule has 0 saturated carbocycles. The van der Waals surface area contributed by atoms with E-state index >= 15 is 0 Å². The van der Waals surface area contributed by atoms with E-state index in [1.807, 2.05) is 13.0 Å². The van der Waals surface area contributed by atoms with Crippen molar-refractivity contribution in [2.45, 2.75) is 6.92 Å². The van der Waals surface area contributed by atoms with E-state index in [1.54, 1.807) is 43.5 Å². The Morgan fingerprint density at radius 1 is 1.10 bits per heavy atom. The van der Waals surface area contributed by atoms with E-state index in [2.05, 4.69) is 10.6 Å². The van der Waals surface area contributed by atoms with E-state index in [9.17, 15) is 9.59 Å². The summed E-state index contributed by atoms with van der Waals surface area (Å²) < 4.78 is 5.33. The molecule has 0 aliphatic carbocycles. The third-order valence-electron chi connectivity index (χ3n) is 2.80. The molecule has 0 aliphatic heterocycles. The lowest BCUT2D eigenvalue weighted by atomic mass is 10.2. The van der Waals surface area contributed by atoms with Gasteiger partial charge in [0.2, 0.25) is 5.91 Å². The Bertz CT molecular complexity index is 669. The van der Waals surface area contributed by atoms with Crippen LogP contribution in [0.2, 0.25) is 0 Å². The molecule has 0 bridgehead atoms. The molecule has 0 spiro atoms. The average molecular weight is 284 g/mol. The van der Waals surface area contributed by atoms with Crippen molar-refractivity contribution < 1.29 is 14.0 Å². The van der Waals surface area contributed by atoms with E-state index in [4.69, 9.17) is 4.42 Å². The van der Waals surface area contributed by atoms with E-state index < -0.39 is 0 Å². The Morgan fingerprint density at radius 2 is 1.81 bits per heavy atom. The molecule has 0 radical (unpaired) electrons. The molecule has 5 nitrogen and oxygen atoms in total. The molecular weight excluding hydrogens is 268 g/mol. The van der Waals surface area contributed by atoms with Gasteiger partial charge in [-0.15, -0.1) is 0 Å². The van der Waals surface area contributed by atoms with Gasteiger partial charge in [0.05, 0.1) is 0 Å². The number of anilines is 1. The molecule has 1 aromatic carbocycles. The molecule has 2 N–H and O–H groups in total. The molecule has 0 atom stereocenters. The second kappa shape index (κ2) is 6.56. The van der Waals surface area contributed by atoms with Gasteiger partial charge in [-0.3, -0.25) is 9.59 Å². The number of furan rings is 1. The number of rotatable bonds is 4. The zero-order chi connectivity index (χ0) is 15.2. The molecular formula is C16H16N2O3. The minimum atomic E-state index is -0.267. The number of amides is 2. The van der Waals surface area contributed by atoms with Crippen molar-refractivity contribution in [1.29, 1.82) is 0 Å². The highest BCUT2D eigenvalue weighted by Crippen LogP contribution is 2.11. The topological polar surface area (TPSA) is 71.3 Å². The number of benzene rings is 1.